The van der Waals surface area contributed by atoms with E-state index in [0.29, 0.717) is 18.2 Å². The molecule has 1 atom stereocenters. The van der Waals surface area contributed by atoms with Crippen LogP contribution in [0.5, 0.6) is 0 Å². The van der Waals surface area contributed by atoms with E-state index in [2.05, 4.69) is 57.3 Å². The summed E-state index contributed by atoms with van der Waals surface area (Å²) in [6.07, 6.45) is 3.49. The molecule has 1 saturated heterocycles. The van der Waals surface area contributed by atoms with E-state index < -0.39 is 0 Å². The molecule has 1 N–H and O–H groups in total. The lowest BCUT2D eigenvalue weighted by atomic mass is 10.0. The highest BCUT2D eigenvalue weighted by molar-refractivity contribution is 9.10. The number of halogens is 1. The van der Waals surface area contributed by atoms with Gasteiger partial charge in [0.25, 0.3) is 5.91 Å². The van der Waals surface area contributed by atoms with Gasteiger partial charge in [0, 0.05) is 22.6 Å². The van der Waals surface area contributed by atoms with E-state index in [4.69, 9.17) is 0 Å². The molecular formula is C21H25BrN2O. The van der Waals surface area contributed by atoms with Crippen LogP contribution in [0.2, 0.25) is 0 Å². The van der Waals surface area contributed by atoms with Gasteiger partial charge in [0.1, 0.15) is 0 Å². The van der Waals surface area contributed by atoms with E-state index in [9.17, 15) is 4.79 Å². The first kappa shape index (κ1) is 18.2. The lowest BCUT2D eigenvalue weighted by molar-refractivity contribution is 0.0954. The highest BCUT2D eigenvalue weighted by Crippen LogP contribution is 2.24. The van der Waals surface area contributed by atoms with Crippen LogP contribution in [0.15, 0.2) is 53.0 Å². The summed E-state index contributed by atoms with van der Waals surface area (Å²) in [5, 5.41) is 2.99. The van der Waals surface area contributed by atoms with Gasteiger partial charge in [-0.1, -0.05) is 40.2 Å². The first-order chi connectivity index (χ1) is 12.1. The number of hydrogen-bond acceptors (Lipinski definition) is 2. The van der Waals surface area contributed by atoms with Crippen molar-refractivity contribution in [2.24, 2.45) is 0 Å². The zero-order valence-corrected chi connectivity index (χ0v) is 16.3. The average molecular weight is 401 g/mol. The van der Waals surface area contributed by atoms with E-state index >= 15 is 0 Å². The summed E-state index contributed by atoms with van der Waals surface area (Å²) in [4.78, 5) is 14.7. The summed E-state index contributed by atoms with van der Waals surface area (Å²) in [5.41, 5.74) is 3.33. The van der Waals surface area contributed by atoms with Crippen LogP contribution in [0.25, 0.3) is 0 Å². The number of likely N-dealkylation sites (tertiary alicyclic amines) is 1. The Morgan fingerprint density at radius 1 is 1.08 bits per heavy atom. The largest absolute Gasteiger partial charge is 0.352 e. The molecule has 132 valence electrons. The molecule has 0 bridgehead atoms. The Hall–Kier alpha value is -1.65. The summed E-state index contributed by atoms with van der Waals surface area (Å²) in [5.74, 6) is -0.0215. The molecule has 0 aliphatic carbocycles. The second kappa shape index (κ2) is 8.63. The van der Waals surface area contributed by atoms with Gasteiger partial charge >= 0.3 is 0 Å². The molecule has 2 aromatic rings. The Morgan fingerprint density at radius 2 is 1.72 bits per heavy atom. The highest BCUT2D eigenvalue weighted by atomic mass is 79.9. The Morgan fingerprint density at radius 3 is 2.36 bits per heavy atom. The van der Waals surface area contributed by atoms with Crippen LogP contribution < -0.4 is 5.32 Å². The van der Waals surface area contributed by atoms with E-state index in [1.807, 2.05) is 24.3 Å². The molecule has 1 aliphatic rings. The quantitative estimate of drug-likeness (QED) is 0.769. The van der Waals surface area contributed by atoms with Crippen LogP contribution in [0.4, 0.5) is 0 Å². The Kier molecular flexibility index (Phi) is 6.27. The van der Waals surface area contributed by atoms with Crippen LogP contribution in [0.1, 0.15) is 47.3 Å². The predicted octanol–water partition coefficient (Wildman–Crippen LogP) is 4.58. The minimum Gasteiger partial charge on any atom is -0.352 e. The van der Waals surface area contributed by atoms with Gasteiger partial charge in [-0.3, -0.25) is 9.69 Å². The molecule has 1 unspecified atom stereocenters. The van der Waals surface area contributed by atoms with Crippen molar-refractivity contribution in [1.29, 1.82) is 0 Å². The first-order valence-electron chi connectivity index (χ1n) is 9.00. The molecule has 1 amide bonds. The molecule has 1 heterocycles. The second-order valence-corrected chi connectivity index (χ2v) is 7.59. The molecule has 25 heavy (non-hydrogen) atoms. The van der Waals surface area contributed by atoms with Crippen LogP contribution in [-0.4, -0.2) is 30.4 Å². The van der Waals surface area contributed by atoms with E-state index in [0.717, 1.165) is 10.9 Å². The standard InChI is InChI=1S/C21H25BrN2O/c1-16(24-14-2-3-15-24)18-6-4-17(5-7-18)12-13-23-21(25)19-8-10-20(22)11-9-19/h4-11,16H,2-3,12-15H2,1H3,(H,23,25). The normalized spacial score (nSPS) is 15.9. The zero-order chi connectivity index (χ0) is 17.6. The molecule has 1 aliphatic heterocycles. The molecule has 3 nitrogen and oxygen atoms in total. The van der Waals surface area contributed by atoms with Gasteiger partial charge in [0.15, 0.2) is 0 Å². The number of nitrogens with zero attached hydrogens (tertiary/aromatic N) is 1. The van der Waals surface area contributed by atoms with Crippen molar-refractivity contribution in [2.75, 3.05) is 19.6 Å². The van der Waals surface area contributed by atoms with Gasteiger partial charge in [0.05, 0.1) is 0 Å². The molecule has 0 saturated carbocycles. The molecule has 4 heteroatoms. The first-order valence-corrected chi connectivity index (χ1v) is 9.79. The molecule has 3 rings (SSSR count). The average Bonchev–Trinajstić information content (AvgIpc) is 3.17. The molecular weight excluding hydrogens is 376 g/mol. The van der Waals surface area contributed by atoms with Gasteiger partial charge in [-0.05, 0) is 74.7 Å². The molecule has 0 spiro atoms. The predicted molar refractivity (Wildman–Crippen MR) is 106 cm³/mol. The second-order valence-electron chi connectivity index (χ2n) is 6.67. The number of amides is 1. The van der Waals surface area contributed by atoms with Crippen molar-refractivity contribution < 1.29 is 4.79 Å². The Balaban J connectivity index is 1.48. The fourth-order valence-corrected chi connectivity index (χ4v) is 3.59. The third-order valence-corrected chi connectivity index (χ3v) is 5.48. The minimum absolute atomic E-state index is 0.0215. The molecule has 1 fully saturated rings. The van der Waals surface area contributed by atoms with Crippen molar-refractivity contribution in [3.8, 4) is 0 Å². The van der Waals surface area contributed by atoms with Gasteiger partial charge in [-0.2, -0.15) is 0 Å². The van der Waals surface area contributed by atoms with Crippen molar-refractivity contribution in [2.45, 2.75) is 32.2 Å². The maximum Gasteiger partial charge on any atom is 0.251 e. The topological polar surface area (TPSA) is 32.3 Å². The number of rotatable bonds is 6. The van der Waals surface area contributed by atoms with Gasteiger partial charge in [-0.15, -0.1) is 0 Å². The van der Waals surface area contributed by atoms with Crippen molar-refractivity contribution in [1.82, 2.24) is 10.2 Å². The maximum atomic E-state index is 12.1. The third-order valence-electron chi connectivity index (χ3n) is 4.96. The van der Waals surface area contributed by atoms with Gasteiger partial charge in [-0.25, -0.2) is 0 Å². The van der Waals surface area contributed by atoms with Crippen molar-refractivity contribution in [3.63, 3.8) is 0 Å². The SMILES string of the molecule is CC(c1ccc(CCNC(=O)c2ccc(Br)cc2)cc1)N1CCCC1. The number of carbonyl (C=O) groups excluding carboxylic acids is 1. The number of benzene rings is 2. The van der Waals surface area contributed by atoms with E-state index in [-0.39, 0.29) is 5.91 Å². The van der Waals surface area contributed by atoms with Crippen LogP contribution in [0.3, 0.4) is 0 Å². The lowest BCUT2D eigenvalue weighted by Crippen LogP contribution is -2.25. The monoisotopic (exact) mass is 400 g/mol. The summed E-state index contributed by atoms with van der Waals surface area (Å²) in [7, 11) is 0. The Labute approximate surface area is 158 Å². The summed E-state index contributed by atoms with van der Waals surface area (Å²) in [6.45, 7) is 5.37. The van der Waals surface area contributed by atoms with Crippen molar-refractivity contribution >= 4 is 21.8 Å². The minimum atomic E-state index is -0.0215. The summed E-state index contributed by atoms with van der Waals surface area (Å²) < 4.78 is 0.979. The Bertz CT molecular complexity index is 691. The van der Waals surface area contributed by atoms with E-state index in [1.54, 1.807) is 0 Å². The van der Waals surface area contributed by atoms with Crippen LogP contribution in [0, 0.1) is 0 Å². The fourth-order valence-electron chi connectivity index (χ4n) is 3.33. The van der Waals surface area contributed by atoms with Crippen LogP contribution >= 0.6 is 15.9 Å². The lowest BCUT2D eigenvalue weighted by Gasteiger charge is -2.24. The zero-order valence-electron chi connectivity index (χ0n) is 14.7. The van der Waals surface area contributed by atoms with Gasteiger partial charge in [0.2, 0.25) is 0 Å². The number of nitrogens with one attached hydrogen (secondary N) is 1. The summed E-state index contributed by atoms with van der Waals surface area (Å²) in [6, 6.07) is 16.8. The highest BCUT2D eigenvalue weighted by Gasteiger charge is 2.19. The summed E-state index contributed by atoms with van der Waals surface area (Å²) >= 11 is 3.38. The number of hydrogen-bond donors (Lipinski definition) is 1. The fraction of sp³-hybridized carbons (Fsp3) is 0.381. The molecule has 2 aromatic carbocycles. The third kappa shape index (κ3) is 4.93. The van der Waals surface area contributed by atoms with Crippen LogP contribution in [-0.2, 0) is 6.42 Å². The maximum absolute atomic E-state index is 12.1. The van der Waals surface area contributed by atoms with E-state index in [1.165, 1.54) is 37.1 Å². The number of carbonyl (C=O) groups is 1. The van der Waals surface area contributed by atoms with Crippen molar-refractivity contribution in [3.05, 3.63) is 69.7 Å². The smallest absolute Gasteiger partial charge is 0.251 e. The van der Waals surface area contributed by atoms with Gasteiger partial charge < -0.3 is 5.32 Å². The molecule has 0 radical (unpaired) electrons. The molecule has 0 aromatic heterocycles.